The highest BCUT2D eigenvalue weighted by Gasteiger charge is 2.27. The van der Waals surface area contributed by atoms with Crippen LogP contribution < -0.4 is 10.1 Å². The number of ether oxygens (including phenoxy) is 4. The number of hydrogen-bond acceptors (Lipinski definition) is 9. The fourth-order valence-electron chi connectivity index (χ4n) is 4.66. The minimum Gasteiger partial charge on any atom is -0.489 e. The predicted octanol–water partition coefficient (Wildman–Crippen LogP) is 6.41. The molecule has 0 aliphatic carbocycles. The average molecular weight is 629 g/mol. The first-order chi connectivity index (χ1) is 21.9. The van der Waals surface area contributed by atoms with E-state index in [1.807, 2.05) is 24.3 Å². The first kappa shape index (κ1) is 33.7. The van der Waals surface area contributed by atoms with Gasteiger partial charge in [0.15, 0.2) is 5.69 Å². The summed E-state index contributed by atoms with van der Waals surface area (Å²) in [5, 5.41) is 7.45. The van der Waals surface area contributed by atoms with Gasteiger partial charge in [0.1, 0.15) is 29.3 Å². The number of benzene rings is 2. The first-order valence-electron chi connectivity index (χ1n) is 14.9. The lowest BCUT2D eigenvalue weighted by atomic mass is 9.98. The van der Waals surface area contributed by atoms with Crippen LogP contribution in [0.2, 0.25) is 0 Å². The lowest BCUT2D eigenvalue weighted by molar-refractivity contribution is 0.0524. The molecule has 2 aromatic carbocycles. The number of nitrogens with one attached hydrogen (secondary N) is 1. The molecule has 0 saturated carbocycles. The summed E-state index contributed by atoms with van der Waals surface area (Å²) in [5.41, 5.74) is 3.96. The fourth-order valence-corrected chi connectivity index (χ4v) is 4.66. The topological polar surface area (TPSA) is 131 Å². The Morgan fingerprint density at radius 3 is 2.17 bits per heavy atom. The number of pyridine rings is 1. The van der Waals surface area contributed by atoms with Gasteiger partial charge in [0, 0.05) is 23.9 Å². The van der Waals surface area contributed by atoms with Gasteiger partial charge in [0.25, 0.3) is 0 Å². The summed E-state index contributed by atoms with van der Waals surface area (Å²) < 4.78 is 22.9. The van der Waals surface area contributed by atoms with E-state index in [1.54, 1.807) is 32.9 Å². The molecule has 0 aliphatic rings. The maximum atomic E-state index is 13.3. The van der Waals surface area contributed by atoms with Gasteiger partial charge in [0.2, 0.25) is 0 Å². The summed E-state index contributed by atoms with van der Waals surface area (Å²) in [6, 6.07) is 18.8. The van der Waals surface area contributed by atoms with Gasteiger partial charge in [-0.15, -0.1) is 0 Å². The van der Waals surface area contributed by atoms with Gasteiger partial charge in [-0.1, -0.05) is 50.2 Å². The van der Waals surface area contributed by atoms with Crippen LogP contribution >= 0.6 is 0 Å². The standard InChI is InChI=1S/C35H40N4O7/c1-22(2)24-10-8-23(9-11-24)21-45-27-14-12-25(13-15-27)29-30(26-16-17-36-28(20-26)32(40)43-6)38-39(31(29)33(41)44-7)19-18-37-34(42)46-35(3,4)5/h8-17,20,22H,18-19,21H2,1-7H3,(H,37,42). The SMILES string of the molecule is COC(=O)c1cc(-c2nn(CCNC(=O)OC(C)(C)C)c(C(=O)OC)c2-c2ccc(OCc3ccc(C(C)C)cc3)cc2)ccn1. The van der Waals surface area contributed by atoms with Crippen LogP contribution in [-0.4, -0.2) is 59.2 Å². The van der Waals surface area contributed by atoms with Gasteiger partial charge >= 0.3 is 18.0 Å². The van der Waals surface area contributed by atoms with Crippen molar-refractivity contribution in [2.45, 2.75) is 59.3 Å². The monoisotopic (exact) mass is 628 g/mol. The molecule has 0 fully saturated rings. The quantitative estimate of drug-likeness (QED) is 0.148. The van der Waals surface area contributed by atoms with Crippen molar-refractivity contribution in [3.05, 3.63) is 89.4 Å². The van der Waals surface area contributed by atoms with E-state index in [0.717, 1.165) is 5.56 Å². The molecule has 0 bridgehead atoms. The third-order valence-corrected chi connectivity index (χ3v) is 6.95. The van der Waals surface area contributed by atoms with Crippen molar-refractivity contribution in [3.8, 4) is 28.1 Å². The van der Waals surface area contributed by atoms with Crippen LogP contribution in [0, 0.1) is 0 Å². The van der Waals surface area contributed by atoms with Crippen LogP contribution in [0.25, 0.3) is 22.4 Å². The molecule has 11 heteroatoms. The maximum absolute atomic E-state index is 13.3. The van der Waals surface area contributed by atoms with Crippen LogP contribution in [0.4, 0.5) is 4.79 Å². The number of nitrogens with zero attached hydrogens (tertiary/aromatic N) is 3. The number of methoxy groups -OCH3 is 2. The van der Waals surface area contributed by atoms with Crippen LogP contribution in [0.5, 0.6) is 5.75 Å². The van der Waals surface area contributed by atoms with Crippen molar-refractivity contribution in [2.24, 2.45) is 0 Å². The van der Waals surface area contributed by atoms with Gasteiger partial charge in [0.05, 0.1) is 20.8 Å². The number of amides is 1. The number of aromatic nitrogens is 3. The van der Waals surface area contributed by atoms with E-state index in [1.165, 1.54) is 30.7 Å². The van der Waals surface area contributed by atoms with Crippen molar-refractivity contribution in [2.75, 3.05) is 20.8 Å². The van der Waals surface area contributed by atoms with Gasteiger partial charge in [-0.25, -0.2) is 19.4 Å². The average Bonchev–Trinajstić information content (AvgIpc) is 3.42. The zero-order valence-corrected chi connectivity index (χ0v) is 27.2. The smallest absolute Gasteiger partial charge is 0.407 e. The Morgan fingerprint density at radius 2 is 1.57 bits per heavy atom. The molecule has 2 aromatic heterocycles. The molecule has 0 atom stereocenters. The molecule has 242 valence electrons. The van der Waals surface area contributed by atoms with Crippen molar-refractivity contribution >= 4 is 18.0 Å². The number of rotatable bonds is 11. The molecule has 4 aromatic rings. The Bertz CT molecular complexity index is 1670. The molecule has 4 rings (SSSR count). The van der Waals surface area contributed by atoms with E-state index in [4.69, 9.17) is 24.0 Å². The molecule has 0 aliphatic heterocycles. The first-order valence-corrected chi connectivity index (χ1v) is 14.9. The Hall–Kier alpha value is -5.19. The van der Waals surface area contributed by atoms with E-state index in [-0.39, 0.29) is 24.5 Å². The second kappa shape index (κ2) is 14.7. The summed E-state index contributed by atoms with van der Waals surface area (Å²) in [7, 11) is 2.56. The van der Waals surface area contributed by atoms with Crippen LogP contribution in [0.3, 0.4) is 0 Å². The van der Waals surface area contributed by atoms with Crippen molar-refractivity contribution < 1.29 is 33.3 Å². The Kier molecular flexibility index (Phi) is 10.8. The molecule has 0 radical (unpaired) electrons. The summed E-state index contributed by atoms with van der Waals surface area (Å²) in [6.45, 7) is 10.3. The highest BCUT2D eigenvalue weighted by atomic mass is 16.6. The Balaban J connectivity index is 1.69. The Labute approximate surface area is 268 Å². The highest BCUT2D eigenvalue weighted by molar-refractivity contribution is 6.00. The zero-order chi connectivity index (χ0) is 33.4. The Morgan fingerprint density at radius 1 is 0.891 bits per heavy atom. The highest BCUT2D eigenvalue weighted by Crippen LogP contribution is 2.36. The molecule has 11 nitrogen and oxygen atoms in total. The lowest BCUT2D eigenvalue weighted by Crippen LogP contribution is -2.34. The zero-order valence-electron chi connectivity index (χ0n) is 27.2. The molecule has 2 heterocycles. The normalized spacial score (nSPS) is 11.2. The van der Waals surface area contributed by atoms with Crippen molar-refractivity contribution in [1.29, 1.82) is 0 Å². The van der Waals surface area contributed by atoms with Crippen molar-refractivity contribution in [3.63, 3.8) is 0 Å². The second-order valence-corrected chi connectivity index (χ2v) is 11.8. The van der Waals surface area contributed by atoms with E-state index < -0.39 is 23.6 Å². The minimum absolute atomic E-state index is 0.0804. The fraction of sp³-hybridized carbons (Fsp3) is 0.343. The van der Waals surface area contributed by atoms with E-state index in [0.29, 0.717) is 40.7 Å². The maximum Gasteiger partial charge on any atom is 0.407 e. The predicted molar refractivity (Wildman–Crippen MR) is 173 cm³/mol. The van der Waals surface area contributed by atoms with Gasteiger partial charge in [-0.2, -0.15) is 5.10 Å². The molecule has 1 N–H and O–H groups in total. The summed E-state index contributed by atoms with van der Waals surface area (Å²) >= 11 is 0. The number of carbonyl (C=O) groups excluding carboxylic acids is 3. The number of carbonyl (C=O) groups is 3. The molecule has 46 heavy (non-hydrogen) atoms. The molecular formula is C35H40N4O7. The molecule has 0 unspecified atom stereocenters. The summed E-state index contributed by atoms with van der Waals surface area (Å²) in [5.74, 6) is -0.146. The lowest BCUT2D eigenvalue weighted by Gasteiger charge is -2.19. The number of hydrogen-bond donors (Lipinski definition) is 1. The van der Waals surface area contributed by atoms with Gasteiger partial charge in [-0.3, -0.25) is 4.68 Å². The molecular weight excluding hydrogens is 588 g/mol. The molecule has 1 amide bonds. The van der Waals surface area contributed by atoms with Gasteiger partial charge < -0.3 is 24.3 Å². The van der Waals surface area contributed by atoms with E-state index in [9.17, 15) is 14.4 Å². The van der Waals surface area contributed by atoms with E-state index in [2.05, 4.69) is 48.4 Å². The molecule has 0 spiro atoms. The number of alkyl carbamates (subject to hydrolysis) is 1. The molecule has 0 saturated heterocycles. The van der Waals surface area contributed by atoms with E-state index >= 15 is 0 Å². The summed E-state index contributed by atoms with van der Waals surface area (Å²) in [4.78, 5) is 41.9. The third kappa shape index (κ3) is 8.50. The summed E-state index contributed by atoms with van der Waals surface area (Å²) in [6.07, 6.45) is 0.875. The van der Waals surface area contributed by atoms with Crippen LogP contribution in [0.1, 0.15) is 72.6 Å². The minimum atomic E-state index is -0.666. The van der Waals surface area contributed by atoms with Gasteiger partial charge in [-0.05, 0) is 67.6 Å². The third-order valence-electron chi connectivity index (χ3n) is 6.95. The number of esters is 2. The van der Waals surface area contributed by atoms with Crippen molar-refractivity contribution in [1.82, 2.24) is 20.1 Å². The largest absolute Gasteiger partial charge is 0.489 e. The van der Waals surface area contributed by atoms with Crippen LogP contribution in [-0.2, 0) is 27.4 Å². The van der Waals surface area contributed by atoms with Crippen LogP contribution in [0.15, 0.2) is 66.9 Å². The second-order valence-electron chi connectivity index (χ2n) is 11.8.